The molecule has 0 heterocycles. The number of carboxylic acids is 2. The molecular formula is C15H12O5S. The third-order valence-electron chi connectivity index (χ3n) is 2.73. The first-order chi connectivity index (χ1) is 9.95. The van der Waals surface area contributed by atoms with Crippen LogP contribution in [0.4, 0.5) is 0 Å². The first kappa shape index (κ1) is 14.9. The molecule has 3 N–H and O–H groups in total. The van der Waals surface area contributed by atoms with Gasteiger partial charge in [-0.1, -0.05) is 11.8 Å². The molecule has 2 aromatic rings. The van der Waals surface area contributed by atoms with E-state index >= 15 is 0 Å². The van der Waals surface area contributed by atoms with E-state index in [0.717, 1.165) is 9.79 Å². The smallest absolute Gasteiger partial charge is 0.335 e. The number of hydrogen-bond donors (Lipinski definition) is 3. The van der Waals surface area contributed by atoms with E-state index < -0.39 is 11.9 Å². The highest BCUT2D eigenvalue weighted by atomic mass is 32.2. The maximum atomic E-state index is 10.8. The van der Waals surface area contributed by atoms with Crippen molar-refractivity contribution in [2.24, 2.45) is 0 Å². The van der Waals surface area contributed by atoms with E-state index in [1.165, 1.54) is 30.0 Å². The molecule has 0 spiro atoms. The molecule has 0 radical (unpaired) electrons. The lowest BCUT2D eigenvalue weighted by Crippen LogP contribution is -2.00. The molecule has 2 rings (SSSR count). The fraction of sp³-hybridized carbons (Fsp3) is 0.0667. The maximum Gasteiger partial charge on any atom is 0.335 e. The Morgan fingerprint density at radius 1 is 0.952 bits per heavy atom. The number of aromatic carboxylic acids is 1. The Kier molecular flexibility index (Phi) is 4.49. The summed E-state index contributed by atoms with van der Waals surface area (Å²) in [6.07, 6.45) is -0.252. The summed E-state index contributed by atoms with van der Waals surface area (Å²) in [6, 6.07) is 11.1. The minimum Gasteiger partial charge on any atom is -0.508 e. The molecule has 0 aliphatic heterocycles. The summed E-state index contributed by atoms with van der Waals surface area (Å²) in [5.74, 6) is -2.05. The predicted octanol–water partition coefficient (Wildman–Crippen LogP) is 2.87. The molecule has 2 aromatic carbocycles. The van der Waals surface area contributed by atoms with Crippen molar-refractivity contribution in [3.05, 3.63) is 53.6 Å². The van der Waals surface area contributed by atoms with Gasteiger partial charge in [-0.15, -0.1) is 0 Å². The van der Waals surface area contributed by atoms with Gasteiger partial charge in [0.15, 0.2) is 0 Å². The van der Waals surface area contributed by atoms with Gasteiger partial charge in [-0.2, -0.15) is 0 Å². The molecule has 0 fully saturated rings. The van der Waals surface area contributed by atoms with Gasteiger partial charge in [-0.3, -0.25) is 4.79 Å². The van der Waals surface area contributed by atoms with Crippen molar-refractivity contribution in [1.82, 2.24) is 0 Å². The van der Waals surface area contributed by atoms with Crippen LogP contribution in [0, 0.1) is 0 Å². The molecule has 0 aliphatic carbocycles. The number of phenolic OH excluding ortho intramolecular Hbond substituents is 1. The summed E-state index contributed by atoms with van der Waals surface area (Å²) < 4.78 is 0. The number of hydrogen-bond acceptors (Lipinski definition) is 4. The topological polar surface area (TPSA) is 94.8 Å². The number of aliphatic carboxylic acids is 1. The second kappa shape index (κ2) is 6.32. The summed E-state index contributed by atoms with van der Waals surface area (Å²) in [7, 11) is 0. The highest BCUT2D eigenvalue weighted by Crippen LogP contribution is 2.31. The van der Waals surface area contributed by atoms with Crippen LogP contribution in [0.25, 0.3) is 0 Å². The number of benzene rings is 2. The standard InChI is InChI=1S/C15H12O5S/c16-13-6-5-12(7-10(13)8-14(17)18)21-11-3-1-9(2-4-11)15(19)20/h1-7,16H,8H2,(H,17,18)(H,19,20). The number of carboxylic acid groups (broad SMARTS) is 2. The summed E-state index contributed by atoms with van der Waals surface area (Å²) in [5.41, 5.74) is 0.547. The summed E-state index contributed by atoms with van der Waals surface area (Å²) in [4.78, 5) is 23.1. The highest BCUT2D eigenvalue weighted by molar-refractivity contribution is 7.99. The Hall–Kier alpha value is -2.47. The maximum absolute atomic E-state index is 10.8. The van der Waals surface area contributed by atoms with Crippen LogP contribution >= 0.6 is 11.8 Å². The van der Waals surface area contributed by atoms with E-state index in [1.807, 2.05) is 0 Å². The lowest BCUT2D eigenvalue weighted by molar-refractivity contribution is -0.136. The Morgan fingerprint density at radius 2 is 1.57 bits per heavy atom. The summed E-state index contributed by atoms with van der Waals surface area (Å²) in [5, 5.41) is 27.2. The van der Waals surface area contributed by atoms with Gasteiger partial charge in [0.05, 0.1) is 12.0 Å². The average Bonchev–Trinajstić information content (AvgIpc) is 2.42. The molecular weight excluding hydrogens is 292 g/mol. The van der Waals surface area contributed by atoms with Crippen molar-refractivity contribution in [2.45, 2.75) is 16.2 Å². The number of aromatic hydroxyl groups is 1. The molecule has 108 valence electrons. The summed E-state index contributed by atoms with van der Waals surface area (Å²) in [6.45, 7) is 0. The van der Waals surface area contributed by atoms with Crippen molar-refractivity contribution in [3.63, 3.8) is 0 Å². The van der Waals surface area contributed by atoms with Gasteiger partial charge in [0.2, 0.25) is 0 Å². The number of carbonyl (C=O) groups is 2. The zero-order chi connectivity index (χ0) is 15.4. The molecule has 0 atom stereocenters. The van der Waals surface area contributed by atoms with E-state index in [2.05, 4.69) is 0 Å². The van der Waals surface area contributed by atoms with Crippen molar-refractivity contribution in [2.75, 3.05) is 0 Å². The third-order valence-corrected chi connectivity index (χ3v) is 3.73. The minimum atomic E-state index is -1.02. The quantitative estimate of drug-likeness (QED) is 0.786. The number of rotatable bonds is 5. The fourth-order valence-electron chi connectivity index (χ4n) is 1.73. The lowest BCUT2D eigenvalue weighted by atomic mass is 10.1. The fourth-order valence-corrected chi connectivity index (χ4v) is 2.61. The second-order valence-corrected chi connectivity index (χ2v) is 5.44. The van der Waals surface area contributed by atoms with Gasteiger partial charge >= 0.3 is 11.9 Å². The third kappa shape index (κ3) is 4.00. The van der Waals surface area contributed by atoms with E-state index in [9.17, 15) is 14.7 Å². The molecule has 21 heavy (non-hydrogen) atoms. The lowest BCUT2D eigenvalue weighted by Gasteiger charge is -2.06. The van der Waals surface area contributed by atoms with Crippen molar-refractivity contribution < 1.29 is 24.9 Å². The van der Waals surface area contributed by atoms with Crippen LogP contribution in [0.1, 0.15) is 15.9 Å². The second-order valence-electron chi connectivity index (χ2n) is 4.29. The van der Waals surface area contributed by atoms with Gasteiger partial charge in [-0.05, 0) is 42.5 Å². The molecule has 0 bridgehead atoms. The highest BCUT2D eigenvalue weighted by Gasteiger charge is 2.09. The average molecular weight is 304 g/mol. The largest absolute Gasteiger partial charge is 0.508 e. The van der Waals surface area contributed by atoms with E-state index in [4.69, 9.17) is 10.2 Å². The molecule has 0 saturated carbocycles. The summed E-state index contributed by atoms with van der Waals surface area (Å²) >= 11 is 1.36. The van der Waals surface area contributed by atoms with Crippen LogP contribution in [0.5, 0.6) is 5.75 Å². The Morgan fingerprint density at radius 3 is 2.14 bits per heavy atom. The molecule has 0 saturated heterocycles. The van der Waals surface area contributed by atoms with Gasteiger partial charge < -0.3 is 15.3 Å². The van der Waals surface area contributed by atoms with Gasteiger partial charge in [0, 0.05) is 15.4 Å². The van der Waals surface area contributed by atoms with Crippen LogP contribution in [0.15, 0.2) is 52.3 Å². The first-order valence-electron chi connectivity index (χ1n) is 6.00. The Balaban J connectivity index is 2.19. The van der Waals surface area contributed by atoms with Crippen LogP contribution in [0.2, 0.25) is 0 Å². The zero-order valence-corrected chi connectivity index (χ0v) is 11.6. The van der Waals surface area contributed by atoms with Gasteiger partial charge in [0.25, 0.3) is 0 Å². The Labute approximate surface area is 124 Å². The van der Waals surface area contributed by atoms with Gasteiger partial charge in [-0.25, -0.2) is 4.79 Å². The minimum absolute atomic E-state index is 0.0528. The van der Waals surface area contributed by atoms with Crippen molar-refractivity contribution in [1.29, 1.82) is 0 Å². The zero-order valence-electron chi connectivity index (χ0n) is 10.8. The molecule has 5 nitrogen and oxygen atoms in total. The van der Waals surface area contributed by atoms with E-state index in [1.54, 1.807) is 24.3 Å². The van der Waals surface area contributed by atoms with Crippen LogP contribution in [-0.2, 0) is 11.2 Å². The van der Waals surface area contributed by atoms with E-state index in [0.29, 0.717) is 5.56 Å². The van der Waals surface area contributed by atoms with Crippen molar-refractivity contribution >= 4 is 23.7 Å². The molecule has 0 amide bonds. The molecule has 0 aromatic heterocycles. The number of phenols is 1. The van der Waals surface area contributed by atoms with E-state index in [-0.39, 0.29) is 17.7 Å². The van der Waals surface area contributed by atoms with Gasteiger partial charge in [0.1, 0.15) is 5.75 Å². The van der Waals surface area contributed by atoms with Crippen LogP contribution in [-0.4, -0.2) is 27.3 Å². The molecule has 0 unspecified atom stereocenters. The molecule has 6 heteroatoms. The van der Waals surface area contributed by atoms with Crippen molar-refractivity contribution in [3.8, 4) is 5.75 Å². The monoisotopic (exact) mass is 304 g/mol. The SMILES string of the molecule is O=C(O)Cc1cc(Sc2ccc(C(=O)O)cc2)ccc1O. The normalized spacial score (nSPS) is 10.3. The first-order valence-corrected chi connectivity index (χ1v) is 6.82. The van der Waals surface area contributed by atoms with Crippen LogP contribution in [0.3, 0.4) is 0 Å². The molecule has 0 aliphatic rings. The Bertz CT molecular complexity index is 679. The van der Waals surface area contributed by atoms with Crippen LogP contribution < -0.4 is 0 Å². The predicted molar refractivity (Wildman–Crippen MR) is 77.0 cm³/mol.